The molecule has 1 aromatic heterocycles. The molecule has 0 saturated carbocycles. The van der Waals surface area contributed by atoms with E-state index in [0.717, 1.165) is 0 Å². The minimum Gasteiger partial charge on any atom is -0.360 e. The summed E-state index contributed by atoms with van der Waals surface area (Å²) in [4.78, 5) is 7.89. The first kappa shape index (κ1) is 11.7. The van der Waals surface area contributed by atoms with E-state index in [1.165, 1.54) is 20.5 Å². The maximum absolute atomic E-state index is 5.81. The number of methoxy groups -OCH3 is 2. The topological polar surface area (TPSA) is 44.2 Å². The van der Waals surface area contributed by atoms with E-state index in [2.05, 4.69) is 9.97 Å². The second-order valence-electron chi connectivity index (χ2n) is 2.47. The average molecular weight is 237 g/mol. The summed E-state index contributed by atoms with van der Waals surface area (Å²) in [6.07, 6.45) is 1.37. The Hall–Kier alpha value is -0.420. The van der Waals surface area contributed by atoms with Gasteiger partial charge in [0.25, 0.3) is 0 Å². The highest BCUT2D eigenvalue weighted by atomic mass is 35.5. The molecule has 0 bridgehead atoms. The van der Waals surface area contributed by atoms with E-state index >= 15 is 0 Å². The molecule has 0 aromatic carbocycles. The van der Waals surface area contributed by atoms with Crippen molar-refractivity contribution >= 4 is 23.2 Å². The van der Waals surface area contributed by atoms with Gasteiger partial charge in [-0.25, -0.2) is 9.97 Å². The summed E-state index contributed by atoms with van der Waals surface area (Å²) in [5, 5.41) is 0. The Morgan fingerprint density at radius 3 is 1.86 bits per heavy atom. The van der Waals surface area contributed by atoms with Crippen LogP contribution >= 0.6 is 23.2 Å². The Bertz CT molecular complexity index is 273. The van der Waals surface area contributed by atoms with Crippen molar-refractivity contribution in [1.29, 1.82) is 0 Å². The maximum Gasteiger partial charge on any atom is 0.173 e. The summed E-state index contributed by atoms with van der Waals surface area (Å²) in [6, 6.07) is 1.64. The van der Waals surface area contributed by atoms with Gasteiger partial charge in [0, 0.05) is 14.2 Å². The third-order valence-corrected chi connectivity index (χ3v) is 2.39. The van der Waals surface area contributed by atoms with Crippen molar-refractivity contribution in [3.05, 3.63) is 23.8 Å². The highest BCUT2D eigenvalue weighted by Gasteiger charge is 2.13. The van der Waals surface area contributed by atoms with Gasteiger partial charge in [-0.2, -0.15) is 0 Å². The minimum atomic E-state index is -0.600. The fourth-order valence-corrected chi connectivity index (χ4v) is 1.12. The van der Waals surface area contributed by atoms with Crippen LogP contribution in [-0.4, -0.2) is 24.2 Å². The molecule has 1 rings (SSSR count). The van der Waals surface area contributed by atoms with Crippen LogP contribution in [0.3, 0.4) is 0 Å². The lowest BCUT2D eigenvalue weighted by molar-refractivity contribution is 0.160. The number of rotatable bonds is 4. The molecule has 0 fully saturated rings. The monoisotopic (exact) mass is 236 g/mol. The van der Waals surface area contributed by atoms with E-state index in [4.69, 9.17) is 32.7 Å². The molecule has 0 aliphatic rings. The highest BCUT2D eigenvalue weighted by Crippen LogP contribution is 2.23. The van der Waals surface area contributed by atoms with Crippen molar-refractivity contribution in [2.24, 2.45) is 0 Å². The fraction of sp³-hybridized carbons (Fsp3) is 0.500. The van der Waals surface area contributed by atoms with Crippen LogP contribution in [0.4, 0.5) is 0 Å². The lowest BCUT2D eigenvalue weighted by Crippen LogP contribution is -2.02. The van der Waals surface area contributed by atoms with Crippen LogP contribution in [0.5, 0.6) is 0 Å². The summed E-state index contributed by atoms with van der Waals surface area (Å²) in [5.41, 5.74) is -0.0846. The molecule has 1 heterocycles. The van der Waals surface area contributed by atoms with Gasteiger partial charge in [0.05, 0.1) is 11.4 Å². The van der Waals surface area contributed by atoms with Crippen molar-refractivity contribution in [1.82, 2.24) is 9.97 Å². The van der Waals surface area contributed by atoms with Crippen LogP contribution < -0.4 is 0 Å². The molecule has 2 atom stereocenters. The normalized spacial score (nSPS) is 15.1. The quantitative estimate of drug-likeness (QED) is 0.753. The van der Waals surface area contributed by atoms with E-state index in [1.54, 1.807) is 6.07 Å². The van der Waals surface area contributed by atoms with Crippen LogP contribution in [0, 0.1) is 0 Å². The Morgan fingerprint density at radius 2 is 1.50 bits per heavy atom. The average Bonchev–Trinajstić information content (AvgIpc) is 2.27. The summed E-state index contributed by atoms with van der Waals surface area (Å²) in [6.45, 7) is 0. The molecule has 0 aliphatic heterocycles. The van der Waals surface area contributed by atoms with E-state index in [0.29, 0.717) is 11.4 Å². The van der Waals surface area contributed by atoms with Gasteiger partial charge in [-0.3, -0.25) is 0 Å². The molecule has 0 radical (unpaired) electrons. The van der Waals surface area contributed by atoms with Crippen LogP contribution in [-0.2, 0) is 9.47 Å². The molecule has 4 nitrogen and oxygen atoms in total. The number of alkyl halides is 2. The van der Waals surface area contributed by atoms with Gasteiger partial charge in [-0.15, -0.1) is 0 Å². The van der Waals surface area contributed by atoms with Gasteiger partial charge >= 0.3 is 0 Å². The molecule has 78 valence electrons. The molecule has 0 N–H and O–H groups in total. The molecular formula is C8H10Cl2N2O2. The Morgan fingerprint density at radius 1 is 1.07 bits per heavy atom. The van der Waals surface area contributed by atoms with E-state index in [1.807, 2.05) is 0 Å². The number of hydrogen-bond donors (Lipinski definition) is 0. The van der Waals surface area contributed by atoms with Crippen molar-refractivity contribution in [3.8, 4) is 0 Å². The number of halogens is 2. The molecule has 0 spiro atoms. The molecule has 0 aliphatic carbocycles. The maximum atomic E-state index is 5.81. The Kier molecular flexibility index (Phi) is 4.54. The lowest BCUT2D eigenvalue weighted by Gasteiger charge is -2.10. The number of hydrogen-bond acceptors (Lipinski definition) is 4. The first-order valence-corrected chi connectivity index (χ1v) is 4.72. The zero-order valence-corrected chi connectivity index (χ0v) is 9.29. The third-order valence-electron chi connectivity index (χ3n) is 1.59. The molecular weight excluding hydrogens is 227 g/mol. The van der Waals surface area contributed by atoms with E-state index in [9.17, 15) is 0 Å². The summed E-state index contributed by atoms with van der Waals surface area (Å²) in [5.74, 6) is 0. The summed E-state index contributed by atoms with van der Waals surface area (Å²) >= 11 is 11.6. The van der Waals surface area contributed by atoms with Crippen LogP contribution in [0.25, 0.3) is 0 Å². The number of aromatic nitrogens is 2. The smallest absolute Gasteiger partial charge is 0.173 e. The first-order valence-electron chi connectivity index (χ1n) is 3.84. The second kappa shape index (κ2) is 5.46. The number of nitrogens with zero attached hydrogens (tertiary/aromatic N) is 2. The molecule has 0 saturated heterocycles. The van der Waals surface area contributed by atoms with Gasteiger partial charge in [-0.1, -0.05) is 23.2 Å². The second-order valence-corrected chi connectivity index (χ2v) is 3.26. The fourth-order valence-electron chi connectivity index (χ4n) is 0.878. The summed E-state index contributed by atoms with van der Waals surface area (Å²) < 4.78 is 9.79. The van der Waals surface area contributed by atoms with Crippen LogP contribution in [0.1, 0.15) is 22.5 Å². The Balaban J connectivity index is 2.89. The predicted octanol–water partition coefficient (Wildman–Crippen LogP) is 2.24. The Labute approximate surface area is 92.2 Å². The van der Waals surface area contributed by atoms with Crippen LogP contribution in [0.15, 0.2) is 12.4 Å². The molecule has 14 heavy (non-hydrogen) atoms. The summed E-state index contributed by atoms with van der Waals surface area (Å²) in [7, 11) is 2.99. The van der Waals surface area contributed by atoms with Crippen molar-refractivity contribution < 1.29 is 9.47 Å². The van der Waals surface area contributed by atoms with Gasteiger partial charge in [-0.05, 0) is 6.07 Å². The predicted molar refractivity (Wildman–Crippen MR) is 53.2 cm³/mol. The first-order chi connectivity index (χ1) is 6.69. The highest BCUT2D eigenvalue weighted by molar-refractivity contribution is 6.20. The largest absolute Gasteiger partial charge is 0.360 e. The molecule has 1 aromatic rings. The SMILES string of the molecule is COC(Cl)c1cc(C(Cl)OC)ncn1. The third kappa shape index (κ3) is 2.78. The lowest BCUT2D eigenvalue weighted by atomic mass is 10.3. The van der Waals surface area contributed by atoms with Crippen molar-refractivity contribution in [2.45, 2.75) is 11.1 Å². The zero-order valence-electron chi connectivity index (χ0n) is 7.78. The molecule has 0 amide bonds. The van der Waals surface area contributed by atoms with E-state index < -0.39 is 11.1 Å². The van der Waals surface area contributed by atoms with Crippen molar-refractivity contribution in [2.75, 3.05) is 14.2 Å². The molecule has 6 heteroatoms. The molecule has 2 unspecified atom stereocenters. The van der Waals surface area contributed by atoms with Gasteiger partial charge in [0.2, 0.25) is 0 Å². The van der Waals surface area contributed by atoms with Crippen molar-refractivity contribution in [3.63, 3.8) is 0 Å². The van der Waals surface area contributed by atoms with Crippen LogP contribution in [0.2, 0.25) is 0 Å². The van der Waals surface area contributed by atoms with Gasteiger partial charge in [0.15, 0.2) is 11.1 Å². The van der Waals surface area contributed by atoms with Gasteiger partial charge < -0.3 is 9.47 Å². The minimum absolute atomic E-state index is 0.557. The number of ether oxygens (including phenoxy) is 2. The van der Waals surface area contributed by atoms with Gasteiger partial charge in [0.1, 0.15) is 6.33 Å². The zero-order chi connectivity index (χ0) is 10.6. The standard InChI is InChI=1S/C8H10Cl2N2O2/c1-13-7(9)5-3-6(8(10)14-2)12-4-11-5/h3-4,7-8H,1-2H3. The van der Waals surface area contributed by atoms with E-state index in [-0.39, 0.29) is 0 Å².